The Labute approximate surface area is 85.5 Å². The lowest BCUT2D eigenvalue weighted by Gasteiger charge is -2.20. The molecule has 0 aliphatic carbocycles. The average Bonchev–Trinajstić information content (AvgIpc) is 2.04. The monoisotopic (exact) mass is 240 g/mol. The van der Waals surface area contributed by atoms with Crippen LogP contribution < -0.4 is 0 Å². The minimum absolute atomic E-state index is 0.187. The van der Waals surface area contributed by atoms with Crippen molar-refractivity contribution in [2.75, 3.05) is 0 Å². The zero-order chi connectivity index (χ0) is 10.1. The quantitative estimate of drug-likeness (QED) is 0.617. The molecule has 1 rings (SSSR count). The first kappa shape index (κ1) is 11.0. The van der Waals surface area contributed by atoms with Gasteiger partial charge in [-0.15, -0.1) is 0 Å². The van der Waals surface area contributed by atoms with Crippen molar-refractivity contribution in [1.29, 1.82) is 0 Å². The van der Waals surface area contributed by atoms with Crippen LogP contribution in [-0.4, -0.2) is 9.79 Å². The van der Waals surface area contributed by atoms with E-state index in [0.717, 1.165) is 0 Å². The van der Waals surface area contributed by atoms with Crippen LogP contribution in [0.2, 0.25) is 0 Å². The fourth-order valence-electron chi connectivity index (χ4n) is 0.807. The standard InChI is InChI=1S/C7H7Cl2O3P/c8-7(9,13(10,11)12)6-4-2-1-3-5-6/h1-5H,(H2,10,11,12). The lowest BCUT2D eigenvalue weighted by Crippen LogP contribution is -2.10. The molecule has 0 radical (unpaired) electrons. The van der Waals surface area contributed by atoms with E-state index in [1.54, 1.807) is 18.2 Å². The van der Waals surface area contributed by atoms with E-state index in [4.69, 9.17) is 33.0 Å². The molecule has 72 valence electrons. The molecule has 0 aliphatic rings. The topological polar surface area (TPSA) is 57.5 Å². The van der Waals surface area contributed by atoms with Gasteiger partial charge in [0.1, 0.15) is 0 Å². The number of benzene rings is 1. The Hall–Kier alpha value is -0.0500. The van der Waals surface area contributed by atoms with Crippen molar-refractivity contribution in [3.63, 3.8) is 0 Å². The van der Waals surface area contributed by atoms with Gasteiger partial charge in [0.2, 0.25) is 4.07 Å². The fourth-order valence-corrected chi connectivity index (χ4v) is 1.54. The normalized spacial score (nSPS) is 12.9. The zero-order valence-electron chi connectivity index (χ0n) is 6.39. The molecule has 0 saturated carbocycles. The van der Waals surface area contributed by atoms with Crippen LogP contribution in [0.3, 0.4) is 0 Å². The lowest BCUT2D eigenvalue weighted by atomic mass is 10.2. The Morgan fingerprint density at radius 1 is 1.15 bits per heavy atom. The van der Waals surface area contributed by atoms with Crippen molar-refractivity contribution < 1.29 is 14.4 Å². The van der Waals surface area contributed by atoms with Crippen molar-refractivity contribution in [1.82, 2.24) is 0 Å². The molecule has 0 aromatic heterocycles. The van der Waals surface area contributed by atoms with E-state index < -0.39 is 11.7 Å². The zero-order valence-corrected chi connectivity index (χ0v) is 8.80. The number of hydrogen-bond acceptors (Lipinski definition) is 1. The van der Waals surface area contributed by atoms with Crippen molar-refractivity contribution in [2.24, 2.45) is 0 Å². The van der Waals surface area contributed by atoms with Gasteiger partial charge in [0.05, 0.1) is 0 Å². The maximum atomic E-state index is 10.9. The Balaban J connectivity index is 3.16. The molecule has 0 atom stereocenters. The summed E-state index contributed by atoms with van der Waals surface area (Å²) in [6.45, 7) is 0. The first-order valence-electron chi connectivity index (χ1n) is 3.34. The van der Waals surface area contributed by atoms with Gasteiger partial charge in [0.15, 0.2) is 0 Å². The number of rotatable bonds is 2. The summed E-state index contributed by atoms with van der Waals surface area (Å²) in [6.07, 6.45) is 0. The van der Waals surface area contributed by atoms with Crippen LogP contribution in [0, 0.1) is 0 Å². The van der Waals surface area contributed by atoms with Crippen LogP contribution in [0.15, 0.2) is 30.3 Å². The molecular weight excluding hydrogens is 234 g/mol. The summed E-state index contributed by atoms with van der Waals surface area (Å²) >= 11 is 11.1. The van der Waals surface area contributed by atoms with Gasteiger partial charge in [0, 0.05) is 5.56 Å². The predicted molar refractivity (Wildman–Crippen MR) is 51.9 cm³/mol. The van der Waals surface area contributed by atoms with Crippen LogP contribution in [0.5, 0.6) is 0 Å². The number of hydrogen-bond donors (Lipinski definition) is 2. The molecule has 0 bridgehead atoms. The molecule has 0 saturated heterocycles. The maximum absolute atomic E-state index is 10.9. The van der Waals surface area contributed by atoms with Crippen molar-refractivity contribution in [3.8, 4) is 0 Å². The van der Waals surface area contributed by atoms with Gasteiger partial charge >= 0.3 is 7.60 Å². The molecule has 0 spiro atoms. The lowest BCUT2D eigenvalue weighted by molar-refractivity contribution is 0.365. The average molecular weight is 241 g/mol. The third kappa shape index (κ3) is 2.25. The van der Waals surface area contributed by atoms with Gasteiger partial charge in [-0.3, -0.25) is 4.57 Å². The van der Waals surface area contributed by atoms with Gasteiger partial charge in [-0.25, -0.2) is 0 Å². The third-order valence-electron chi connectivity index (χ3n) is 1.49. The van der Waals surface area contributed by atoms with E-state index in [2.05, 4.69) is 0 Å². The summed E-state index contributed by atoms with van der Waals surface area (Å²) in [5.41, 5.74) is 0.187. The molecule has 6 heteroatoms. The summed E-state index contributed by atoms with van der Waals surface area (Å²) in [7, 11) is -4.56. The summed E-state index contributed by atoms with van der Waals surface area (Å²) in [5, 5.41) is 0. The highest BCUT2D eigenvalue weighted by atomic mass is 35.5. The summed E-state index contributed by atoms with van der Waals surface area (Å²) < 4.78 is 8.73. The second kappa shape index (κ2) is 3.60. The highest BCUT2D eigenvalue weighted by Crippen LogP contribution is 2.62. The molecule has 0 heterocycles. The first-order valence-corrected chi connectivity index (χ1v) is 5.71. The van der Waals surface area contributed by atoms with Crippen LogP contribution in [-0.2, 0) is 8.64 Å². The van der Waals surface area contributed by atoms with E-state index >= 15 is 0 Å². The molecule has 0 amide bonds. The van der Waals surface area contributed by atoms with Gasteiger partial charge in [-0.2, -0.15) is 0 Å². The smallest absolute Gasteiger partial charge is 0.322 e. The third-order valence-corrected chi connectivity index (χ3v) is 4.23. The van der Waals surface area contributed by atoms with Crippen LogP contribution >= 0.6 is 30.8 Å². The largest absolute Gasteiger partial charge is 0.365 e. The molecule has 2 N–H and O–H groups in total. The Morgan fingerprint density at radius 2 is 1.62 bits per heavy atom. The Morgan fingerprint density at radius 3 is 2.00 bits per heavy atom. The molecule has 1 aromatic rings. The van der Waals surface area contributed by atoms with Crippen molar-refractivity contribution in [2.45, 2.75) is 4.07 Å². The molecule has 13 heavy (non-hydrogen) atoms. The highest BCUT2D eigenvalue weighted by molar-refractivity contribution is 7.57. The van der Waals surface area contributed by atoms with E-state index in [1.165, 1.54) is 12.1 Å². The van der Waals surface area contributed by atoms with Gasteiger partial charge < -0.3 is 9.79 Å². The van der Waals surface area contributed by atoms with Crippen LogP contribution in [0.4, 0.5) is 0 Å². The van der Waals surface area contributed by atoms with Gasteiger partial charge in [-0.1, -0.05) is 53.5 Å². The van der Waals surface area contributed by atoms with Crippen molar-refractivity contribution >= 4 is 30.8 Å². The second-order valence-corrected chi connectivity index (χ2v) is 6.06. The van der Waals surface area contributed by atoms with Crippen LogP contribution in [0.1, 0.15) is 5.56 Å². The Kier molecular flexibility index (Phi) is 3.05. The fraction of sp³-hybridized carbons (Fsp3) is 0.143. The van der Waals surface area contributed by atoms with E-state index in [-0.39, 0.29) is 5.56 Å². The summed E-state index contributed by atoms with van der Waals surface area (Å²) in [4.78, 5) is 17.7. The number of halogens is 2. The van der Waals surface area contributed by atoms with Crippen molar-refractivity contribution in [3.05, 3.63) is 35.9 Å². The molecule has 0 unspecified atom stereocenters. The second-order valence-electron chi connectivity index (χ2n) is 2.45. The molecule has 3 nitrogen and oxygen atoms in total. The van der Waals surface area contributed by atoms with E-state index in [1.807, 2.05) is 0 Å². The summed E-state index contributed by atoms with van der Waals surface area (Å²) in [5.74, 6) is 0. The minimum atomic E-state index is -4.56. The molecular formula is C7H7Cl2O3P. The Bertz CT molecular complexity index is 333. The maximum Gasteiger partial charge on any atom is 0.365 e. The highest BCUT2D eigenvalue weighted by Gasteiger charge is 2.45. The van der Waals surface area contributed by atoms with Gasteiger partial charge in [0.25, 0.3) is 0 Å². The van der Waals surface area contributed by atoms with Gasteiger partial charge in [-0.05, 0) is 0 Å². The van der Waals surface area contributed by atoms with E-state index in [9.17, 15) is 4.57 Å². The van der Waals surface area contributed by atoms with Crippen LogP contribution in [0.25, 0.3) is 0 Å². The SMILES string of the molecule is O=P(O)(O)C(Cl)(Cl)c1ccccc1. The van der Waals surface area contributed by atoms with E-state index in [0.29, 0.717) is 0 Å². The molecule has 0 aliphatic heterocycles. The summed E-state index contributed by atoms with van der Waals surface area (Å²) in [6, 6.07) is 7.82. The predicted octanol–water partition coefficient (Wildman–Crippen LogP) is 2.45. The first-order chi connectivity index (χ1) is 5.86. The molecule has 1 aromatic carbocycles. The number of alkyl halides is 2. The molecule has 0 fully saturated rings. The minimum Gasteiger partial charge on any atom is -0.322 e.